The number of oxazole rings is 1. The predicted octanol–water partition coefficient (Wildman–Crippen LogP) is 3.63. The van der Waals surface area contributed by atoms with Crippen molar-refractivity contribution >= 4 is 38.6 Å². The summed E-state index contributed by atoms with van der Waals surface area (Å²) in [5.41, 5.74) is 3.29. The molecule has 2 atom stereocenters. The number of benzene rings is 2. The van der Waals surface area contributed by atoms with Crippen LogP contribution >= 0.6 is 11.3 Å². The van der Waals surface area contributed by atoms with Crippen molar-refractivity contribution in [2.75, 3.05) is 13.1 Å². The molecule has 2 N–H and O–H groups in total. The molecule has 2 aromatic heterocycles. The topological polar surface area (TPSA) is 135 Å². The van der Waals surface area contributed by atoms with Crippen LogP contribution in [0.4, 0.5) is 4.79 Å². The summed E-state index contributed by atoms with van der Waals surface area (Å²) in [7, 11) is -4.01. The lowest BCUT2D eigenvalue weighted by atomic mass is 10.0. The van der Waals surface area contributed by atoms with Crippen LogP contribution in [-0.2, 0) is 27.8 Å². The number of alkyl carbamates (subject to hydrolysis) is 1. The van der Waals surface area contributed by atoms with Crippen LogP contribution in [-0.4, -0.2) is 59.1 Å². The first-order valence-electron chi connectivity index (χ1n) is 12.0. The average molecular weight is 558 g/mol. The zero-order valence-electron chi connectivity index (χ0n) is 21.0. The Labute approximate surface area is 225 Å². The van der Waals surface area contributed by atoms with E-state index in [9.17, 15) is 18.3 Å². The molecule has 0 aliphatic rings. The minimum Gasteiger partial charge on any atom is -0.444 e. The third kappa shape index (κ3) is 7.16. The number of hydrogen-bond acceptors (Lipinski definition) is 9. The van der Waals surface area contributed by atoms with E-state index in [1.165, 1.54) is 27.8 Å². The molecule has 0 aliphatic heterocycles. The lowest BCUT2D eigenvalue weighted by Gasteiger charge is -2.30. The van der Waals surface area contributed by atoms with Gasteiger partial charge in [0.25, 0.3) is 6.39 Å². The minimum atomic E-state index is -4.01. The van der Waals surface area contributed by atoms with E-state index in [4.69, 9.17) is 9.15 Å². The summed E-state index contributed by atoms with van der Waals surface area (Å²) < 4.78 is 39.0. The van der Waals surface area contributed by atoms with E-state index in [0.29, 0.717) is 11.1 Å². The summed E-state index contributed by atoms with van der Waals surface area (Å²) in [6.45, 7) is 3.74. The number of nitrogens with zero attached hydrogens (tertiary/aromatic N) is 3. The Hall–Kier alpha value is -3.32. The van der Waals surface area contributed by atoms with Gasteiger partial charge in [-0.1, -0.05) is 44.2 Å². The molecule has 12 heteroatoms. The van der Waals surface area contributed by atoms with Gasteiger partial charge < -0.3 is 19.6 Å². The fourth-order valence-corrected chi connectivity index (χ4v) is 6.05. The van der Waals surface area contributed by atoms with Crippen molar-refractivity contribution in [1.82, 2.24) is 19.6 Å². The molecule has 0 saturated carbocycles. The first kappa shape index (κ1) is 27.7. The van der Waals surface area contributed by atoms with Crippen LogP contribution in [0.15, 0.2) is 69.6 Å². The summed E-state index contributed by atoms with van der Waals surface area (Å²) in [6.07, 6.45) is 2.28. The standard InChI is InChI=1S/C26H29N4O6S2/c1-18(2)13-30(38(33,34)21-8-9-22-25(11-21)36-16-28-22)14-24(31)23(10-19-6-4-3-5-7-19)29-26(32)35-15-20-12-27-17-37-20/h3-9,11-12,17-18,23-24,31H,10,13-15H2,1-2H3,(H,29,32). The molecule has 0 spiro atoms. The highest BCUT2D eigenvalue weighted by Gasteiger charge is 2.32. The number of rotatable bonds is 12. The Bertz CT molecular complexity index is 1420. The van der Waals surface area contributed by atoms with Crippen molar-refractivity contribution in [2.24, 2.45) is 5.92 Å². The molecular weight excluding hydrogens is 528 g/mol. The highest BCUT2D eigenvalue weighted by Crippen LogP contribution is 2.23. The molecule has 1 radical (unpaired) electrons. The van der Waals surface area contributed by atoms with Gasteiger partial charge in [0.15, 0.2) is 5.58 Å². The Balaban J connectivity index is 1.54. The number of carbonyl (C=O) groups is 1. The lowest BCUT2D eigenvalue weighted by molar-refractivity contribution is 0.0876. The molecule has 4 aromatic rings. The van der Waals surface area contributed by atoms with Gasteiger partial charge in [0.2, 0.25) is 10.0 Å². The molecule has 2 aromatic carbocycles. The van der Waals surface area contributed by atoms with Crippen LogP contribution < -0.4 is 5.32 Å². The number of thiazole rings is 1. The zero-order chi connectivity index (χ0) is 27.1. The quantitative estimate of drug-likeness (QED) is 0.270. The molecule has 38 heavy (non-hydrogen) atoms. The highest BCUT2D eigenvalue weighted by atomic mass is 32.2. The molecule has 2 unspecified atom stereocenters. The van der Waals surface area contributed by atoms with Gasteiger partial charge in [0.05, 0.1) is 27.4 Å². The molecule has 2 heterocycles. The number of carbonyl (C=O) groups excluding carboxylic acids is 1. The van der Waals surface area contributed by atoms with Crippen molar-refractivity contribution < 1.29 is 27.5 Å². The number of amides is 1. The van der Waals surface area contributed by atoms with Gasteiger partial charge >= 0.3 is 6.09 Å². The van der Waals surface area contributed by atoms with Crippen LogP contribution in [0.5, 0.6) is 0 Å². The molecule has 201 valence electrons. The molecule has 0 fully saturated rings. The van der Waals surface area contributed by atoms with Crippen molar-refractivity contribution in [3.63, 3.8) is 0 Å². The second-order valence-corrected chi connectivity index (χ2v) is 12.1. The SMILES string of the molecule is CC(C)CN(CC(O)C(Cc1ccccc1)NC(=O)OCc1cncs1)S(=O)(=O)c1ccc2n[c]oc2c1. The van der Waals surface area contributed by atoms with E-state index in [1.54, 1.807) is 17.8 Å². The van der Waals surface area contributed by atoms with E-state index in [-0.39, 0.29) is 36.9 Å². The Kier molecular flexibility index (Phi) is 9.10. The molecule has 0 bridgehead atoms. The number of sulfonamides is 1. The normalized spacial score (nSPS) is 13.6. The Morgan fingerprint density at radius 3 is 2.71 bits per heavy atom. The molecule has 0 saturated heterocycles. The van der Waals surface area contributed by atoms with Gasteiger partial charge in [-0.25, -0.2) is 18.2 Å². The maximum Gasteiger partial charge on any atom is 0.407 e. The van der Waals surface area contributed by atoms with Gasteiger partial charge in [-0.15, -0.1) is 11.3 Å². The predicted molar refractivity (Wildman–Crippen MR) is 142 cm³/mol. The van der Waals surface area contributed by atoms with Gasteiger partial charge in [0, 0.05) is 25.4 Å². The first-order chi connectivity index (χ1) is 18.2. The Morgan fingerprint density at radius 1 is 1.21 bits per heavy atom. The molecule has 0 aliphatic carbocycles. The van der Waals surface area contributed by atoms with Gasteiger partial charge in [-0.3, -0.25) is 4.98 Å². The van der Waals surface area contributed by atoms with E-state index in [0.717, 1.165) is 10.4 Å². The number of aliphatic hydroxyl groups is 1. The summed E-state index contributed by atoms with van der Waals surface area (Å²) >= 11 is 1.36. The maximum absolute atomic E-state index is 13.6. The largest absolute Gasteiger partial charge is 0.444 e. The van der Waals surface area contributed by atoms with Crippen LogP contribution in [0.25, 0.3) is 11.1 Å². The van der Waals surface area contributed by atoms with Crippen LogP contribution in [0.1, 0.15) is 24.3 Å². The third-order valence-corrected chi connectivity index (χ3v) is 8.33. The Morgan fingerprint density at radius 2 is 2.00 bits per heavy atom. The van der Waals surface area contributed by atoms with Gasteiger partial charge in [-0.05, 0) is 30.0 Å². The minimum absolute atomic E-state index is 0.0135. The van der Waals surface area contributed by atoms with E-state index >= 15 is 0 Å². The lowest BCUT2D eigenvalue weighted by Crippen LogP contribution is -2.51. The number of fused-ring (bicyclic) bond motifs is 1. The summed E-state index contributed by atoms with van der Waals surface area (Å²) in [5.74, 6) is -0.0239. The van der Waals surface area contributed by atoms with E-state index < -0.39 is 28.3 Å². The summed E-state index contributed by atoms with van der Waals surface area (Å²) in [5, 5.41) is 14.0. The zero-order valence-corrected chi connectivity index (χ0v) is 22.6. The van der Waals surface area contributed by atoms with Crippen LogP contribution in [0, 0.1) is 12.3 Å². The number of hydrogen-bond donors (Lipinski definition) is 2. The van der Waals surface area contributed by atoms with Crippen molar-refractivity contribution in [1.29, 1.82) is 0 Å². The second kappa shape index (κ2) is 12.5. The van der Waals surface area contributed by atoms with Gasteiger partial charge in [0.1, 0.15) is 12.1 Å². The number of ether oxygens (including phenoxy) is 1. The average Bonchev–Trinajstić information content (AvgIpc) is 3.58. The van der Waals surface area contributed by atoms with E-state index in [2.05, 4.69) is 21.7 Å². The molecular formula is C26H29N4O6S2. The van der Waals surface area contributed by atoms with Crippen LogP contribution in [0.3, 0.4) is 0 Å². The van der Waals surface area contributed by atoms with Crippen molar-refractivity contribution in [3.8, 4) is 0 Å². The monoisotopic (exact) mass is 557 g/mol. The van der Waals surface area contributed by atoms with Gasteiger partial charge in [-0.2, -0.15) is 4.31 Å². The maximum atomic E-state index is 13.6. The second-order valence-electron chi connectivity index (χ2n) is 9.20. The van der Waals surface area contributed by atoms with E-state index in [1.807, 2.05) is 44.2 Å². The summed E-state index contributed by atoms with van der Waals surface area (Å²) in [6, 6.07) is 12.9. The third-order valence-electron chi connectivity index (χ3n) is 5.75. The fourth-order valence-electron chi connectivity index (χ4n) is 3.91. The first-order valence-corrected chi connectivity index (χ1v) is 14.3. The van der Waals surface area contributed by atoms with Crippen LogP contribution in [0.2, 0.25) is 0 Å². The number of aliphatic hydroxyl groups excluding tert-OH is 1. The summed E-state index contributed by atoms with van der Waals surface area (Å²) in [4.78, 5) is 21.3. The molecule has 10 nitrogen and oxygen atoms in total. The highest BCUT2D eigenvalue weighted by molar-refractivity contribution is 7.89. The fraction of sp³-hybridized carbons (Fsp3) is 0.346. The number of aromatic nitrogens is 2. The molecule has 4 rings (SSSR count). The molecule has 1 amide bonds. The smallest absolute Gasteiger partial charge is 0.407 e. The number of nitrogens with one attached hydrogen (secondary N) is 1. The van der Waals surface area contributed by atoms with Crippen molar-refractivity contribution in [3.05, 3.63) is 77.1 Å². The van der Waals surface area contributed by atoms with Crippen molar-refractivity contribution in [2.45, 2.75) is 43.9 Å².